The Morgan fingerprint density at radius 2 is 1.73 bits per heavy atom. The molecule has 1 N–H and O–H groups in total. The van der Waals surface area contributed by atoms with Gasteiger partial charge in [0.05, 0.1) is 17.5 Å². The molecule has 0 saturated heterocycles. The largest absolute Gasteiger partial charge is 0.338 e. The summed E-state index contributed by atoms with van der Waals surface area (Å²) in [4.78, 5) is 14.9. The third-order valence-electron chi connectivity index (χ3n) is 4.78. The SMILES string of the molecule is Cc1ccc([C@H](NCc2nc(-c3cccc([N+](=O)[O-])c3)no2)c2ccccc2)cc1. The van der Waals surface area contributed by atoms with Crippen molar-refractivity contribution < 1.29 is 9.45 Å². The van der Waals surface area contributed by atoms with Crippen LogP contribution in [0.2, 0.25) is 0 Å². The number of nitro benzene ring substituents is 1. The average Bonchev–Trinajstić information content (AvgIpc) is 3.25. The van der Waals surface area contributed by atoms with Gasteiger partial charge in [0, 0.05) is 17.7 Å². The quantitative estimate of drug-likeness (QED) is 0.353. The zero-order chi connectivity index (χ0) is 20.9. The van der Waals surface area contributed by atoms with Gasteiger partial charge >= 0.3 is 0 Å². The Kier molecular flexibility index (Phi) is 5.63. The van der Waals surface area contributed by atoms with E-state index >= 15 is 0 Å². The maximum absolute atomic E-state index is 11.0. The number of hydrogen-bond donors (Lipinski definition) is 1. The first-order chi connectivity index (χ1) is 14.6. The first-order valence-electron chi connectivity index (χ1n) is 9.52. The molecule has 0 amide bonds. The van der Waals surface area contributed by atoms with E-state index in [1.165, 1.54) is 17.7 Å². The predicted molar refractivity (Wildman–Crippen MR) is 113 cm³/mol. The summed E-state index contributed by atoms with van der Waals surface area (Å²) in [5.41, 5.74) is 3.98. The van der Waals surface area contributed by atoms with Crippen molar-refractivity contribution in [2.45, 2.75) is 19.5 Å². The van der Waals surface area contributed by atoms with Crippen molar-refractivity contribution in [2.24, 2.45) is 0 Å². The number of nitrogens with one attached hydrogen (secondary N) is 1. The summed E-state index contributed by atoms with van der Waals surface area (Å²) in [6.07, 6.45) is 0. The monoisotopic (exact) mass is 400 g/mol. The molecule has 0 aliphatic rings. The molecule has 30 heavy (non-hydrogen) atoms. The molecule has 0 radical (unpaired) electrons. The molecule has 1 aromatic heterocycles. The van der Waals surface area contributed by atoms with Crippen molar-refractivity contribution in [3.05, 3.63) is 112 Å². The highest BCUT2D eigenvalue weighted by Crippen LogP contribution is 2.24. The summed E-state index contributed by atoms with van der Waals surface area (Å²) in [5, 5.41) is 18.4. The van der Waals surface area contributed by atoms with Gasteiger partial charge in [-0.15, -0.1) is 0 Å². The minimum absolute atomic E-state index is 0.0134. The van der Waals surface area contributed by atoms with Crippen LogP contribution in [-0.2, 0) is 6.54 Å². The molecule has 7 nitrogen and oxygen atoms in total. The van der Waals surface area contributed by atoms with Gasteiger partial charge in [0.25, 0.3) is 5.69 Å². The van der Waals surface area contributed by atoms with E-state index in [2.05, 4.69) is 58.8 Å². The molecule has 3 aromatic carbocycles. The highest BCUT2D eigenvalue weighted by molar-refractivity contribution is 5.58. The summed E-state index contributed by atoms with van der Waals surface area (Å²) in [6.45, 7) is 2.41. The Balaban J connectivity index is 1.54. The molecule has 150 valence electrons. The minimum atomic E-state index is -0.446. The van der Waals surface area contributed by atoms with E-state index in [9.17, 15) is 10.1 Å². The van der Waals surface area contributed by atoms with Gasteiger partial charge in [-0.1, -0.05) is 77.5 Å². The Morgan fingerprint density at radius 3 is 2.47 bits per heavy atom. The van der Waals surface area contributed by atoms with Crippen LogP contribution in [0.4, 0.5) is 5.69 Å². The van der Waals surface area contributed by atoms with Crippen LogP contribution in [0.25, 0.3) is 11.4 Å². The maximum Gasteiger partial charge on any atom is 0.270 e. The molecule has 0 fully saturated rings. The van der Waals surface area contributed by atoms with E-state index in [1.807, 2.05) is 18.2 Å². The van der Waals surface area contributed by atoms with E-state index in [1.54, 1.807) is 12.1 Å². The van der Waals surface area contributed by atoms with E-state index < -0.39 is 4.92 Å². The number of benzene rings is 3. The highest BCUT2D eigenvalue weighted by Gasteiger charge is 2.17. The molecular weight excluding hydrogens is 380 g/mol. The van der Waals surface area contributed by atoms with Crippen LogP contribution in [0.5, 0.6) is 0 Å². The smallest absolute Gasteiger partial charge is 0.270 e. The standard InChI is InChI=1S/C23H20N4O3/c1-16-10-12-18(13-11-16)22(17-6-3-2-4-7-17)24-15-21-25-23(26-30-21)19-8-5-9-20(14-19)27(28)29/h2-14,22,24H,15H2,1H3/t22-/m1/s1. The molecule has 0 aliphatic carbocycles. The molecule has 0 spiro atoms. The fourth-order valence-electron chi connectivity index (χ4n) is 3.22. The predicted octanol–water partition coefficient (Wildman–Crippen LogP) is 4.83. The summed E-state index contributed by atoms with van der Waals surface area (Å²) < 4.78 is 5.37. The fraction of sp³-hybridized carbons (Fsp3) is 0.130. The number of nitrogens with zero attached hydrogens (tertiary/aromatic N) is 3. The number of aryl methyl sites for hydroxylation is 1. The lowest BCUT2D eigenvalue weighted by atomic mass is 9.98. The van der Waals surface area contributed by atoms with Crippen LogP contribution in [0.15, 0.2) is 83.4 Å². The first-order valence-corrected chi connectivity index (χ1v) is 9.52. The van der Waals surface area contributed by atoms with Crippen LogP contribution >= 0.6 is 0 Å². The van der Waals surface area contributed by atoms with Crippen LogP contribution in [0, 0.1) is 17.0 Å². The molecule has 1 atom stereocenters. The van der Waals surface area contributed by atoms with E-state index in [-0.39, 0.29) is 11.7 Å². The van der Waals surface area contributed by atoms with Crippen molar-refractivity contribution >= 4 is 5.69 Å². The summed E-state index contributed by atoms with van der Waals surface area (Å²) in [5.74, 6) is 0.728. The molecule has 7 heteroatoms. The average molecular weight is 400 g/mol. The van der Waals surface area contributed by atoms with Crippen molar-refractivity contribution in [1.29, 1.82) is 0 Å². The Morgan fingerprint density at radius 1 is 1.00 bits per heavy atom. The van der Waals surface area contributed by atoms with Gasteiger partial charge < -0.3 is 4.52 Å². The lowest BCUT2D eigenvalue weighted by Crippen LogP contribution is -2.22. The molecule has 0 aliphatic heterocycles. The van der Waals surface area contributed by atoms with Gasteiger partial charge in [-0.25, -0.2) is 0 Å². The second kappa shape index (κ2) is 8.67. The molecule has 4 rings (SSSR count). The van der Waals surface area contributed by atoms with Crippen LogP contribution < -0.4 is 5.32 Å². The third kappa shape index (κ3) is 4.42. The Bertz CT molecular complexity index is 1140. The van der Waals surface area contributed by atoms with E-state index in [0.717, 1.165) is 11.1 Å². The number of aromatic nitrogens is 2. The van der Waals surface area contributed by atoms with Gasteiger partial charge in [-0.05, 0) is 18.1 Å². The number of hydrogen-bond acceptors (Lipinski definition) is 6. The van der Waals surface area contributed by atoms with Gasteiger partial charge in [0.15, 0.2) is 0 Å². The molecule has 0 unspecified atom stereocenters. The van der Waals surface area contributed by atoms with Crippen molar-refractivity contribution in [1.82, 2.24) is 15.5 Å². The zero-order valence-corrected chi connectivity index (χ0v) is 16.4. The maximum atomic E-state index is 11.0. The fourth-order valence-corrected chi connectivity index (χ4v) is 3.22. The zero-order valence-electron chi connectivity index (χ0n) is 16.4. The molecule has 4 aromatic rings. The topological polar surface area (TPSA) is 94.1 Å². The normalized spacial score (nSPS) is 11.9. The van der Waals surface area contributed by atoms with Gasteiger partial charge in [0.1, 0.15) is 0 Å². The van der Waals surface area contributed by atoms with Gasteiger partial charge in [-0.2, -0.15) is 4.98 Å². The van der Waals surface area contributed by atoms with E-state index in [0.29, 0.717) is 23.8 Å². The van der Waals surface area contributed by atoms with Crippen molar-refractivity contribution in [3.8, 4) is 11.4 Å². The van der Waals surface area contributed by atoms with Crippen molar-refractivity contribution in [2.75, 3.05) is 0 Å². The van der Waals surface area contributed by atoms with Crippen molar-refractivity contribution in [3.63, 3.8) is 0 Å². The molecule has 1 heterocycles. The minimum Gasteiger partial charge on any atom is -0.338 e. The van der Waals surface area contributed by atoms with Crippen LogP contribution in [0.1, 0.15) is 28.6 Å². The lowest BCUT2D eigenvalue weighted by molar-refractivity contribution is -0.384. The summed E-state index contributed by atoms with van der Waals surface area (Å²) >= 11 is 0. The van der Waals surface area contributed by atoms with E-state index in [4.69, 9.17) is 4.52 Å². The number of nitro groups is 1. The van der Waals surface area contributed by atoms with Gasteiger partial charge in [-0.3, -0.25) is 15.4 Å². The summed E-state index contributed by atoms with van der Waals surface area (Å²) in [6, 6.07) is 24.6. The van der Waals surface area contributed by atoms with Crippen LogP contribution in [0.3, 0.4) is 0 Å². The Labute approximate surface area is 173 Å². The Hall–Kier alpha value is -3.84. The third-order valence-corrected chi connectivity index (χ3v) is 4.78. The first kappa shape index (κ1) is 19.5. The number of rotatable bonds is 7. The molecular formula is C23H20N4O3. The van der Waals surface area contributed by atoms with Crippen LogP contribution in [-0.4, -0.2) is 15.1 Å². The number of non-ortho nitro benzene ring substituents is 1. The highest BCUT2D eigenvalue weighted by atomic mass is 16.6. The summed E-state index contributed by atoms with van der Waals surface area (Å²) in [7, 11) is 0. The van der Waals surface area contributed by atoms with Gasteiger partial charge in [0.2, 0.25) is 11.7 Å². The molecule has 0 saturated carbocycles. The second-order valence-electron chi connectivity index (χ2n) is 6.95. The second-order valence-corrected chi connectivity index (χ2v) is 6.95. The lowest BCUT2D eigenvalue weighted by Gasteiger charge is -2.19. The molecule has 0 bridgehead atoms.